The summed E-state index contributed by atoms with van der Waals surface area (Å²) in [6.45, 7) is 11.3. The van der Waals surface area contributed by atoms with Crippen molar-refractivity contribution >= 4 is 18.4 Å². The van der Waals surface area contributed by atoms with Crippen LogP contribution in [-0.2, 0) is 4.74 Å². The summed E-state index contributed by atoms with van der Waals surface area (Å²) in [6.07, 6.45) is 9.97. The van der Waals surface area contributed by atoms with Gasteiger partial charge in [0, 0.05) is 0 Å². The Balaban J connectivity index is 4.52. The Morgan fingerprint density at radius 3 is 1.80 bits per heavy atom. The Morgan fingerprint density at radius 1 is 1.00 bits per heavy atom. The van der Waals surface area contributed by atoms with E-state index in [9.17, 15) is 0 Å². The zero-order valence-corrected chi connectivity index (χ0v) is 17.0. The predicted molar refractivity (Wildman–Crippen MR) is 93.9 cm³/mol. The molecule has 120 valence electrons. The van der Waals surface area contributed by atoms with Gasteiger partial charge >= 0.3 is 131 Å². The quantitative estimate of drug-likeness (QED) is 0.338. The first kappa shape index (κ1) is 20.5. The van der Waals surface area contributed by atoms with E-state index in [1.807, 2.05) is 0 Å². The predicted octanol–water partition coefficient (Wildman–Crippen LogP) is 4.90. The first-order valence-corrected chi connectivity index (χ1v) is 16.7. The normalized spacial score (nSPS) is 13.4. The maximum absolute atomic E-state index is 6.04. The summed E-state index contributed by atoms with van der Waals surface area (Å²) in [7, 11) is 0. The van der Waals surface area contributed by atoms with Crippen LogP contribution in [0.15, 0.2) is 12.7 Å². The van der Waals surface area contributed by atoms with Gasteiger partial charge in [-0.3, -0.25) is 0 Å². The Bertz CT molecular complexity index is 211. The van der Waals surface area contributed by atoms with E-state index in [1.165, 1.54) is 51.8 Å². The van der Waals surface area contributed by atoms with Gasteiger partial charge in [0.25, 0.3) is 0 Å². The van der Waals surface area contributed by atoms with Crippen LogP contribution >= 0.6 is 0 Å². The monoisotopic (exact) mass is 391 g/mol. The van der Waals surface area contributed by atoms with Gasteiger partial charge in [0.15, 0.2) is 0 Å². The van der Waals surface area contributed by atoms with Gasteiger partial charge in [-0.25, -0.2) is 0 Å². The molecule has 20 heavy (non-hydrogen) atoms. The molecule has 0 bridgehead atoms. The minimum atomic E-state index is -2.08. The van der Waals surface area contributed by atoms with Gasteiger partial charge in [-0.1, -0.05) is 0 Å². The summed E-state index contributed by atoms with van der Waals surface area (Å²) in [5, 5.41) is 0. The molecule has 2 N–H and O–H groups in total. The van der Waals surface area contributed by atoms with E-state index in [0.717, 1.165) is 4.62 Å². The molecule has 0 heterocycles. The molecule has 0 unspecified atom stereocenters. The molecular weight excluding hydrogens is 353 g/mol. The summed E-state index contributed by atoms with van der Waals surface area (Å²) in [6, 6.07) is 0.00233. The van der Waals surface area contributed by atoms with Crippen molar-refractivity contribution in [2.45, 2.75) is 78.6 Å². The first-order chi connectivity index (χ1) is 9.64. The van der Waals surface area contributed by atoms with E-state index >= 15 is 0 Å². The minimum absolute atomic E-state index is 0.00233. The van der Waals surface area contributed by atoms with Gasteiger partial charge in [0.05, 0.1) is 0 Å². The summed E-state index contributed by atoms with van der Waals surface area (Å²) in [4.78, 5) is 0. The second-order valence-corrected chi connectivity index (χ2v) is 19.9. The Kier molecular flexibility index (Phi) is 13.4. The SMILES string of the molecule is C=C[C@@H](N)CO[CH2][Sn]([CH2]CCC)([CH2]CCC)[CH2]CCC. The summed E-state index contributed by atoms with van der Waals surface area (Å²) < 4.78 is 11.6. The molecule has 0 aromatic rings. The van der Waals surface area contributed by atoms with Crippen LogP contribution in [0.25, 0.3) is 0 Å². The number of hydrogen-bond acceptors (Lipinski definition) is 2. The number of nitrogens with two attached hydrogens (primary N) is 1. The molecule has 0 saturated heterocycles. The van der Waals surface area contributed by atoms with Crippen molar-refractivity contribution in [2.75, 3.05) is 11.2 Å². The molecule has 0 aliphatic heterocycles. The molecule has 0 aliphatic rings. The third-order valence-corrected chi connectivity index (χ3v) is 18.6. The van der Waals surface area contributed by atoms with E-state index in [4.69, 9.17) is 10.5 Å². The van der Waals surface area contributed by atoms with Crippen molar-refractivity contribution in [1.29, 1.82) is 0 Å². The molecule has 0 radical (unpaired) electrons. The maximum atomic E-state index is 6.04. The van der Waals surface area contributed by atoms with E-state index in [2.05, 4.69) is 27.4 Å². The Hall–Kier alpha value is 0.459. The van der Waals surface area contributed by atoms with Crippen molar-refractivity contribution in [3.8, 4) is 0 Å². The molecule has 0 amide bonds. The number of hydrogen-bond donors (Lipinski definition) is 1. The van der Waals surface area contributed by atoms with Crippen molar-refractivity contribution in [1.82, 2.24) is 0 Å². The summed E-state index contributed by atoms with van der Waals surface area (Å²) in [5.74, 6) is 0. The third-order valence-electron chi connectivity index (χ3n) is 4.20. The second-order valence-electron chi connectivity index (χ2n) is 6.23. The van der Waals surface area contributed by atoms with Crippen LogP contribution in [0.2, 0.25) is 13.3 Å². The van der Waals surface area contributed by atoms with E-state index in [1.54, 1.807) is 6.08 Å². The molecule has 0 aromatic heterocycles. The van der Waals surface area contributed by atoms with Gasteiger partial charge in [0.1, 0.15) is 0 Å². The second kappa shape index (κ2) is 13.1. The van der Waals surface area contributed by atoms with Gasteiger partial charge in [0.2, 0.25) is 0 Å². The third kappa shape index (κ3) is 9.40. The fourth-order valence-corrected chi connectivity index (χ4v) is 17.1. The van der Waals surface area contributed by atoms with Crippen molar-refractivity contribution in [3.63, 3.8) is 0 Å². The molecule has 2 nitrogen and oxygen atoms in total. The molecule has 0 fully saturated rings. The van der Waals surface area contributed by atoms with Crippen molar-refractivity contribution in [3.05, 3.63) is 12.7 Å². The van der Waals surface area contributed by atoms with Crippen molar-refractivity contribution in [2.24, 2.45) is 5.73 Å². The average molecular weight is 390 g/mol. The van der Waals surface area contributed by atoms with Gasteiger partial charge in [-0.15, -0.1) is 0 Å². The molecule has 0 aromatic carbocycles. The topological polar surface area (TPSA) is 35.2 Å². The van der Waals surface area contributed by atoms with Crippen LogP contribution in [0.3, 0.4) is 0 Å². The molecule has 0 spiro atoms. The number of rotatable bonds is 14. The number of unbranched alkanes of at least 4 members (excludes halogenated alkanes) is 3. The van der Waals surface area contributed by atoms with Crippen LogP contribution in [0.1, 0.15) is 59.3 Å². The molecule has 0 aliphatic carbocycles. The van der Waals surface area contributed by atoms with Crippen LogP contribution in [0, 0.1) is 0 Å². The Labute approximate surface area is 131 Å². The number of ether oxygens (including phenoxy) is 1. The van der Waals surface area contributed by atoms with Crippen LogP contribution in [0.4, 0.5) is 0 Å². The summed E-state index contributed by atoms with van der Waals surface area (Å²) in [5.41, 5.74) is 5.88. The molecule has 3 heteroatoms. The van der Waals surface area contributed by atoms with Gasteiger partial charge < -0.3 is 0 Å². The average Bonchev–Trinajstić information content (AvgIpc) is 2.48. The van der Waals surface area contributed by atoms with Crippen molar-refractivity contribution < 1.29 is 4.74 Å². The standard InChI is InChI=1S/C5H10NO.3C4H9.Sn/c1-3-5(6)4-7-2;3*1-3-4-2;/h3,5H,1-2,4,6H2;3*1,3-4H2,2H3;/t5-;;;;/m1..../s1. The van der Waals surface area contributed by atoms with Crippen LogP contribution in [0.5, 0.6) is 0 Å². The zero-order valence-electron chi connectivity index (χ0n) is 14.1. The first-order valence-electron chi connectivity index (χ1n) is 8.60. The molecule has 1 atom stereocenters. The van der Waals surface area contributed by atoms with Gasteiger partial charge in [-0.2, -0.15) is 0 Å². The van der Waals surface area contributed by atoms with E-state index in [-0.39, 0.29) is 6.04 Å². The van der Waals surface area contributed by atoms with E-state index < -0.39 is 18.4 Å². The Morgan fingerprint density at radius 2 is 1.45 bits per heavy atom. The van der Waals surface area contributed by atoms with E-state index in [0.29, 0.717) is 6.61 Å². The molecular formula is C17H37NOSn. The fourth-order valence-electron chi connectivity index (χ4n) is 2.73. The fraction of sp³-hybridized carbons (Fsp3) is 0.882. The zero-order chi connectivity index (χ0) is 15.3. The van der Waals surface area contributed by atoms with Crippen LogP contribution in [-0.4, -0.2) is 35.6 Å². The molecule has 0 saturated carbocycles. The summed E-state index contributed by atoms with van der Waals surface area (Å²) >= 11 is -2.08. The van der Waals surface area contributed by atoms with Gasteiger partial charge in [-0.05, 0) is 0 Å². The molecule has 0 rings (SSSR count). The van der Waals surface area contributed by atoms with Crippen LogP contribution < -0.4 is 5.73 Å².